The van der Waals surface area contributed by atoms with Crippen molar-refractivity contribution in [2.45, 2.75) is 322 Å². The number of hydrogen-bond donors (Lipinski definition) is 0. The van der Waals surface area contributed by atoms with Crippen molar-refractivity contribution in [3.05, 3.63) is 60.8 Å². The summed E-state index contributed by atoms with van der Waals surface area (Å²) in [6.45, 7) is 6.55. The van der Waals surface area contributed by atoms with E-state index < -0.39 is 6.10 Å². The standard InChI is InChI=1S/C65H116O6/c1-4-7-10-13-16-19-22-25-27-29-31-32-33-34-35-37-38-40-43-46-49-52-55-58-64(67)70-61-62(60-69-63(66)57-54-51-48-45-42-24-21-18-15-12-9-6-3)71-65(68)59-56-53-50-47-44-41-39-36-30-28-26-23-20-17-14-11-8-5-2/h7,10,16,19,25,27-28,30-32,62H,4-6,8-9,11-15,17-18,20-24,26,29,33-61H2,1-3H3/b10-7-,19-16-,27-25-,30-28-,32-31-. The summed E-state index contributed by atoms with van der Waals surface area (Å²) < 4.78 is 16.9. The van der Waals surface area contributed by atoms with Crippen LogP contribution < -0.4 is 0 Å². The SMILES string of the molecule is CC/C=C\C/C=C\C/C=C\C/C=C\CCCCCCCCCCCCC(=O)OCC(COC(=O)CCCCCCCCCCCCCC)OC(=O)CCCCCCCCC/C=C\CCCCCCCCC. The number of carbonyl (C=O) groups is 3. The molecule has 0 bridgehead atoms. The van der Waals surface area contributed by atoms with Gasteiger partial charge in [-0.05, 0) is 83.5 Å². The van der Waals surface area contributed by atoms with Crippen LogP contribution in [0.3, 0.4) is 0 Å². The van der Waals surface area contributed by atoms with E-state index in [9.17, 15) is 14.4 Å². The first kappa shape index (κ1) is 68.1. The summed E-state index contributed by atoms with van der Waals surface area (Å²) in [6, 6.07) is 0. The monoisotopic (exact) mass is 993 g/mol. The lowest BCUT2D eigenvalue weighted by molar-refractivity contribution is -0.167. The minimum absolute atomic E-state index is 0.0737. The van der Waals surface area contributed by atoms with Crippen molar-refractivity contribution in [2.24, 2.45) is 0 Å². The summed E-state index contributed by atoms with van der Waals surface area (Å²) in [4.78, 5) is 38.2. The van der Waals surface area contributed by atoms with Crippen LogP contribution >= 0.6 is 0 Å². The highest BCUT2D eigenvalue weighted by atomic mass is 16.6. The van der Waals surface area contributed by atoms with E-state index >= 15 is 0 Å². The van der Waals surface area contributed by atoms with Crippen LogP contribution in [0.25, 0.3) is 0 Å². The molecule has 0 heterocycles. The Bertz CT molecular complexity index is 1280. The first-order valence-corrected chi connectivity index (χ1v) is 30.8. The molecule has 0 N–H and O–H groups in total. The molecule has 0 amide bonds. The van der Waals surface area contributed by atoms with Gasteiger partial charge in [0.2, 0.25) is 0 Å². The Labute approximate surface area is 440 Å². The van der Waals surface area contributed by atoms with Gasteiger partial charge >= 0.3 is 17.9 Å². The molecule has 0 aromatic carbocycles. The molecule has 0 fully saturated rings. The number of esters is 3. The summed E-state index contributed by atoms with van der Waals surface area (Å²) in [5.74, 6) is -0.867. The first-order chi connectivity index (χ1) is 35.0. The summed E-state index contributed by atoms with van der Waals surface area (Å²) in [6.07, 6.45) is 75.0. The Kier molecular flexibility index (Phi) is 57.2. The van der Waals surface area contributed by atoms with E-state index in [1.54, 1.807) is 0 Å². The van der Waals surface area contributed by atoms with Gasteiger partial charge in [-0.3, -0.25) is 14.4 Å². The van der Waals surface area contributed by atoms with Crippen molar-refractivity contribution in [1.82, 2.24) is 0 Å². The van der Waals surface area contributed by atoms with Gasteiger partial charge in [0.15, 0.2) is 6.10 Å². The summed E-state index contributed by atoms with van der Waals surface area (Å²) >= 11 is 0. The zero-order chi connectivity index (χ0) is 51.4. The normalized spacial score (nSPS) is 12.4. The van der Waals surface area contributed by atoms with Crippen LogP contribution in [0, 0.1) is 0 Å². The van der Waals surface area contributed by atoms with Crippen LogP contribution in [-0.4, -0.2) is 37.2 Å². The number of unbranched alkanes of at least 4 members (excludes halogenated alkanes) is 35. The molecule has 1 unspecified atom stereocenters. The van der Waals surface area contributed by atoms with Crippen molar-refractivity contribution in [3.63, 3.8) is 0 Å². The van der Waals surface area contributed by atoms with Crippen molar-refractivity contribution >= 4 is 17.9 Å². The highest BCUT2D eigenvalue weighted by molar-refractivity contribution is 5.71. The van der Waals surface area contributed by atoms with Gasteiger partial charge in [-0.25, -0.2) is 0 Å². The third kappa shape index (κ3) is 57.9. The predicted molar refractivity (Wildman–Crippen MR) is 307 cm³/mol. The van der Waals surface area contributed by atoms with E-state index in [0.717, 1.165) is 83.5 Å². The zero-order valence-corrected chi connectivity index (χ0v) is 47.2. The van der Waals surface area contributed by atoms with Gasteiger partial charge in [0.05, 0.1) is 0 Å². The van der Waals surface area contributed by atoms with E-state index in [0.29, 0.717) is 19.3 Å². The quantitative estimate of drug-likeness (QED) is 0.0261. The van der Waals surface area contributed by atoms with E-state index in [-0.39, 0.29) is 31.1 Å². The minimum atomic E-state index is -0.776. The average Bonchev–Trinajstić information content (AvgIpc) is 3.37. The Balaban J connectivity index is 4.30. The summed E-state index contributed by atoms with van der Waals surface area (Å²) in [7, 11) is 0. The smallest absolute Gasteiger partial charge is 0.306 e. The second-order valence-corrected chi connectivity index (χ2v) is 20.6. The van der Waals surface area contributed by atoms with Gasteiger partial charge < -0.3 is 14.2 Å². The summed E-state index contributed by atoms with van der Waals surface area (Å²) in [5, 5.41) is 0. The number of rotatable bonds is 56. The molecule has 0 rings (SSSR count). The molecule has 6 nitrogen and oxygen atoms in total. The maximum atomic E-state index is 12.9. The molecule has 0 aliphatic carbocycles. The minimum Gasteiger partial charge on any atom is -0.462 e. The van der Waals surface area contributed by atoms with Crippen LogP contribution in [0.5, 0.6) is 0 Å². The van der Waals surface area contributed by atoms with Crippen LogP contribution in [-0.2, 0) is 28.6 Å². The Hall–Kier alpha value is -2.89. The van der Waals surface area contributed by atoms with E-state index in [1.807, 2.05) is 0 Å². The highest BCUT2D eigenvalue weighted by Gasteiger charge is 2.19. The molecule has 0 radical (unpaired) electrons. The molecule has 6 heteroatoms. The van der Waals surface area contributed by atoms with Gasteiger partial charge in [0.25, 0.3) is 0 Å². The van der Waals surface area contributed by atoms with Crippen LogP contribution in [0.2, 0.25) is 0 Å². The molecular weight excluding hydrogens is 877 g/mol. The Morgan fingerprint density at radius 2 is 0.549 bits per heavy atom. The average molecular weight is 994 g/mol. The van der Waals surface area contributed by atoms with E-state index in [4.69, 9.17) is 14.2 Å². The molecule has 0 saturated carbocycles. The lowest BCUT2D eigenvalue weighted by Crippen LogP contribution is -2.30. The number of carbonyl (C=O) groups excluding carboxylic acids is 3. The molecule has 0 spiro atoms. The van der Waals surface area contributed by atoms with Crippen molar-refractivity contribution in [1.29, 1.82) is 0 Å². The van der Waals surface area contributed by atoms with Gasteiger partial charge in [-0.15, -0.1) is 0 Å². The van der Waals surface area contributed by atoms with Crippen molar-refractivity contribution in [2.75, 3.05) is 13.2 Å². The predicted octanol–water partition coefficient (Wildman–Crippen LogP) is 20.8. The second-order valence-electron chi connectivity index (χ2n) is 20.6. The molecule has 0 aliphatic heterocycles. The fourth-order valence-electron chi connectivity index (χ4n) is 8.90. The zero-order valence-electron chi connectivity index (χ0n) is 47.2. The lowest BCUT2D eigenvalue weighted by Gasteiger charge is -2.18. The molecule has 1 atom stereocenters. The second kappa shape index (κ2) is 59.7. The van der Waals surface area contributed by atoms with Crippen LogP contribution in [0.15, 0.2) is 60.8 Å². The van der Waals surface area contributed by atoms with Gasteiger partial charge in [0.1, 0.15) is 13.2 Å². The maximum absolute atomic E-state index is 12.9. The third-order valence-electron chi connectivity index (χ3n) is 13.5. The Morgan fingerprint density at radius 3 is 0.873 bits per heavy atom. The molecule has 71 heavy (non-hydrogen) atoms. The first-order valence-electron chi connectivity index (χ1n) is 30.8. The molecule has 0 saturated heterocycles. The maximum Gasteiger partial charge on any atom is 0.306 e. The largest absolute Gasteiger partial charge is 0.462 e. The van der Waals surface area contributed by atoms with Gasteiger partial charge in [0, 0.05) is 19.3 Å². The van der Waals surface area contributed by atoms with Crippen molar-refractivity contribution in [3.8, 4) is 0 Å². The van der Waals surface area contributed by atoms with Crippen LogP contribution in [0.1, 0.15) is 316 Å². The molecule has 0 aromatic heterocycles. The van der Waals surface area contributed by atoms with Gasteiger partial charge in [-0.2, -0.15) is 0 Å². The number of allylic oxidation sites excluding steroid dienone is 10. The topological polar surface area (TPSA) is 78.9 Å². The van der Waals surface area contributed by atoms with E-state index in [1.165, 1.54) is 193 Å². The molecule has 412 valence electrons. The van der Waals surface area contributed by atoms with Crippen LogP contribution in [0.4, 0.5) is 0 Å². The lowest BCUT2D eigenvalue weighted by atomic mass is 10.0. The van der Waals surface area contributed by atoms with E-state index in [2.05, 4.69) is 81.5 Å². The molecule has 0 aromatic rings. The fraction of sp³-hybridized carbons (Fsp3) is 0.800. The summed E-state index contributed by atoms with van der Waals surface area (Å²) in [5.41, 5.74) is 0. The molecule has 0 aliphatic rings. The Morgan fingerprint density at radius 1 is 0.296 bits per heavy atom. The molecular formula is C65H116O6. The van der Waals surface area contributed by atoms with Crippen molar-refractivity contribution < 1.29 is 28.6 Å². The highest BCUT2D eigenvalue weighted by Crippen LogP contribution is 2.16. The number of hydrogen-bond acceptors (Lipinski definition) is 6. The third-order valence-corrected chi connectivity index (χ3v) is 13.5. The van der Waals surface area contributed by atoms with Gasteiger partial charge in [-0.1, -0.05) is 274 Å². The fourth-order valence-corrected chi connectivity index (χ4v) is 8.90. The number of ether oxygens (including phenoxy) is 3.